The molecule has 4 rings (SSSR count). The molecule has 6 nitrogen and oxygen atoms in total. The molecule has 4 aromatic rings. The lowest BCUT2D eigenvalue weighted by atomic mass is 10.2. The summed E-state index contributed by atoms with van der Waals surface area (Å²) in [4.78, 5) is 19.5. The zero-order chi connectivity index (χ0) is 22.7. The Hall–Kier alpha value is -3.45. The topological polar surface area (TPSA) is 59.7 Å². The molecule has 0 saturated carbocycles. The largest absolute Gasteiger partial charge is 0.488 e. The first kappa shape index (κ1) is 21.8. The smallest absolute Gasteiger partial charge is 0.282 e. The van der Waals surface area contributed by atoms with Gasteiger partial charge in [-0.05, 0) is 42.8 Å². The number of fused-ring (bicyclic) bond motifs is 1. The SMILES string of the molecule is Cc1nc2ccc(Br)cc2c(=O)n1N=Cc1ccc(N(C)C)cc1OCc1ccccc1. The minimum absolute atomic E-state index is 0.221. The second-order valence-electron chi connectivity index (χ2n) is 7.57. The molecule has 0 aliphatic heterocycles. The number of hydrogen-bond acceptors (Lipinski definition) is 5. The van der Waals surface area contributed by atoms with Gasteiger partial charge >= 0.3 is 0 Å². The van der Waals surface area contributed by atoms with Crippen molar-refractivity contribution in [1.29, 1.82) is 0 Å². The Morgan fingerprint density at radius 2 is 1.88 bits per heavy atom. The predicted octanol–water partition coefficient (Wildman–Crippen LogP) is 4.99. The van der Waals surface area contributed by atoms with Crippen molar-refractivity contribution in [2.24, 2.45) is 5.10 Å². The number of aryl methyl sites for hydroxylation is 1. The van der Waals surface area contributed by atoms with Crippen LogP contribution in [0.2, 0.25) is 0 Å². The molecule has 1 heterocycles. The molecule has 0 aliphatic carbocycles. The highest BCUT2D eigenvalue weighted by molar-refractivity contribution is 9.10. The Balaban J connectivity index is 1.71. The van der Waals surface area contributed by atoms with E-state index in [1.54, 1.807) is 19.2 Å². The van der Waals surface area contributed by atoms with Crippen molar-refractivity contribution >= 4 is 38.7 Å². The highest BCUT2D eigenvalue weighted by Crippen LogP contribution is 2.25. The summed E-state index contributed by atoms with van der Waals surface area (Å²) in [6.45, 7) is 2.20. The third kappa shape index (κ3) is 4.73. The van der Waals surface area contributed by atoms with Gasteiger partial charge in [0.05, 0.1) is 17.1 Å². The molecule has 162 valence electrons. The van der Waals surface area contributed by atoms with Crippen LogP contribution >= 0.6 is 15.9 Å². The third-order valence-corrected chi connectivity index (χ3v) is 5.53. The molecule has 0 spiro atoms. The molecule has 0 N–H and O–H groups in total. The van der Waals surface area contributed by atoms with E-state index in [-0.39, 0.29) is 5.56 Å². The Kier molecular flexibility index (Phi) is 6.37. The standard InChI is InChI=1S/C25H23BrN4O2/c1-17-28-23-12-10-20(26)13-22(23)25(31)30(17)27-15-19-9-11-21(29(2)3)14-24(19)32-16-18-7-5-4-6-8-18/h4-15H,16H2,1-3H3. The van der Waals surface area contributed by atoms with Gasteiger partial charge in [0.25, 0.3) is 5.56 Å². The van der Waals surface area contributed by atoms with E-state index in [9.17, 15) is 4.79 Å². The molecule has 3 aromatic carbocycles. The second-order valence-corrected chi connectivity index (χ2v) is 8.49. The van der Waals surface area contributed by atoms with E-state index in [0.717, 1.165) is 21.3 Å². The van der Waals surface area contributed by atoms with E-state index in [0.29, 0.717) is 29.1 Å². The van der Waals surface area contributed by atoms with Gasteiger partial charge in [0, 0.05) is 35.9 Å². The highest BCUT2D eigenvalue weighted by atomic mass is 79.9. The van der Waals surface area contributed by atoms with Gasteiger partial charge in [-0.2, -0.15) is 9.78 Å². The van der Waals surface area contributed by atoms with Gasteiger partial charge in [-0.15, -0.1) is 0 Å². The summed E-state index contributed by atoms with van der Waals surface area (Å²) < 4.78 is 8.26. The summed E-state index contributed by atoms with van der Waals surface area (Å²) in [6.07, 6.45) is 1.64. The van der Waals surface area contributed by atoms with Crippen LogP contribution < -0.4 is 15.2 Å². The van der Waals surface area contributed by atoms with E-state index >= 15 is 0 Å². The molecule has 0 radical (unpaired) electrons. The molecule has 0 unspecified atom stereocenters. The lowest BCUT2D eigenvalue weighted by molar-refractivity contribution is 0.306. The number of aromatic nitrogens is 2. The fourth-order valence-corrected chi connectivity index (χ4v) is 3.64. The monoisotopic (exact) mass is 490 g/mol. The van der Waals surface area contributed by atoms with Crippen LogP contribution in [0, 0.1) is 6.92 Å². The van der Waals surface area contributed by atoms with Gasteiger partial charge in [0.15, 0.2) is 0 Å². The minimum atomic E-state index is -0.221. The first-order chi connectivity index (χ1) is 15.4. The molecule has 32 heavy (non-hydrogen) atoms. The van der Waals surface area contributed by atoms with Crippen LogP contribution in [0.1, 0.15) is 17.0 Å². The molecule has 0 aliphatic rings. The van der Waals surface area contributed by atoms with Crippen molar-refractivity contribution in [2.75, 3.05) is 19.0 Å². The molecule has 0 atom stereocenters. The van der Waals surface area contributed by atoms with Gasteiger partial charge in [-0.1, -0.05) is 46.3 Å². The van der Waals surface area contributed by atoms with Crippen molar-refractivity contribution in [1.82, 2.24) is 9.66 Å². The van der Waals surface area contributed by atoms with E-state index in [1.165, 1.54) is 4.68 Å². The van der Waals surface area contributed by atoms with Crippen LogP contribution in [0.5, 0.6) is 5.75 Å². The quantitative estimate of drug-likeness (QED) is 0.357. The van der Waals surface area contributed by atoms with Gasteiger partial charge < -0.3 is 9.64 Å². The van der Waals surface area contributed by atoms with Crippen LogP contribution in [0.3, 0.4) is 0 Å². The van der Waals surface area contributed by atoms with Crippen LogP contribution in [-0.2, 0) is 6.61 Å². The Morgan fingerprint density at radius 3 is 2.62 bits per heavy atom. The number of benzene rings is 3. The Bertz CT molecular complexity index is 1350. The zero-order valence-electron chi connectivity index (χ0n) is 18.1. The minimum Gasteiger partial charge on any atom is -0.488 e. The maximum absolute atomic E-state index is 13.0. The summed E-state index contributed by atoms with van der Waals surface area (Å²) in [5, 5.41) is 4.96. The third-order valence-electron chi connectivity index (χ3n) is 5.03. The Morgan fingerprint density at radius 1 is 1.09 bits per heavy atom. The fraction of sp³-hybridized carbons (Fsp3) is 0.160. The number of ether oxygens (including phenoxy) is 1. The molecule has 0 amide bonds. The van der Waals surface area contributed by atoms with Crippen LogP contribution in [0.4, 0.5) is 5.69 Å². The van der Waals surface area contributed by atoms with Crippen LogP contribution in [-0.4, -0.2) is 30.0 Å². The van der Waals surface area contributed by atoms with E-state index in [4.69, 9.17) is 4.74 Å². The van der Waals surface area contributed by atoms with Gasteiger partial charge in [0.2, 0.25) is 0 Å². The van der Waals surface area contributed by atoms with E-state index < -0.39 is 0 Å². The maximum atomic E-state index is 13.0. The zero-order valence-corrected chi connectivity index (χ0v) is 19.7. The van der Waals surface area contributed by atoms with Crippen LogP contribution in [0.25, 0.3) is 10.9 Å². The molecule has 7 heteroatoms. The number of rotatable bonds is 6. The van der Waals surface area contributed by atoms with Crippen molar-refractivity contribution in [2.45, 2.75) is 13.5 Å². The molecular formula is C25H23BrN4O2. The first-order valence-corrected chi connectivity index (χ1v) is 10.9. The fourth-order valence-electron chi connectivity index (χ4n) is 3.28. The average Bonchev–Trinajstić information content (AvgIpc) is 2.79. The van der Waals surface area contributed by atoms with Crippen molar-refractivity contribution < 1.29 is 4.74 Å². The normalized spacial score (nSPS) is 11.2. The predicted molar refractivity (Wildman–Crippen MR) is 133 cm³/mol. The number of anilines is 1. The average molecular weight is 491 g/mol. The summed E-state index contributed by atoms with van der Waals surface area (Å²) in [5.74, 6) is 1.20. The molecule has 0 fully saturated rings. The van der Waals surface area contributed by atoms with E-state index in [2.05, 4.69) is 26.0 Å². The second kappa shape index (κ2) is 9.36. The van der Waals surface area contributed by atoms with Crippen molar-refractivity contribution in [3.63, 3.8) is 0 Å². The van der Waals surface area contributed by atoms with E-state index in [1.807, 2.05) is 79.7 Å². The lowest BCUT2D eigenvalue weighted by Crippen LogP contribution is -2.20. The van der Waals surface area contributed by atoms with Gasteiger partial charge in [-0.3, -0.25) is 4.79 Å². The number of nitrogens with zero attached hydrogens (tertiary/aromatic N) is 4. The lowest BCUT2D eigenvalue weighted by Gasteiger charge is -2.16. The summed E-state index contributed by atoms with van der Waals surface area (Å²) in [7, 11) is 3.96. The maximum Gasteiger partial charge on any atom is 0.282 e. The van der Waals surface area contributed by atoms with Crippen molar-refractivity contribution in [3.8, 4) is 5.75 Å². The summed E-state index contributed by atoms with van der Waals surface area (Å²) in [5.41, 5.74) is 3.27. The van der Waals surface area contributed by atoms with Gasteiger partial charge in [0.1, 0.15) is 18.2 Å². The summed E-state index contributed by atoms with van der Waals surface area (Å²) in [6, 6.07) is 21.3. The highest BCUT2D eigenvalue weighted by Gasteiger charge is 2.10. The molecular weight excluding hydrogens is 468 g/mol. The number of halogens is 1. The molecule has 1 aromatic heterocycles. The van der Waals surface area contributed by atoms with Crippen molar-refractivity contribution in [3.05, 3.63) is 98.5 Å². The molecule has 0 bridgehead atoms. The summed E-state index contributed by atoms with van der Waals surface area (Å²) >= 11 is 3.41. The Labute approximate surface area is 194 Å². The van der Waals surface area contributed by atoms with Crippen LogP contribution in [0.15, 0.2) is 81.1 Å². The molecule has 0 saturated heterocycles. The number of hydrogen-bond donors (Lipinski definition) is 0. The van der Waals surface area contributed by atoms with Gasteiger partial charge in [-0.25, -0.2) is 4.98 Å². The first-order valence-electron chi connectivity index (χ1n) is 10.1.